The van der Waals surface area contributed by atoms with E-state index < -0.39 is 17.8 Å². The SMILES string of the molecule is O=C(NCCc1ccccc1)c1cc2c(Cl)cccc2n(Cc2ccc(OOC(F)(F)F)cc2)c1=O. The Morgan fingerprint density at radius 3 is 2.36 bits per heavy atom. The third-order valence-electron chi connectivity index (χ3n) is 5.37. The Kier molecular flexibility index (Phi) is 7.61. The fourth-order valence-electron chi connectivity index (χ4n) is 3.67. The van der Waals surface area contributed by atoms with Gasteiger partial charge in [-0.25, -0.2) is 0 Å². The van der Waals surface area contributed by atoms with Crippen molar-refractivity contribution in [3.05, 3.63) is 111 Å². The van der Waals surface area contributed by atoms with Gasteiger partial charge in [0.15, 0.2) is 5.75 Å². The van der Waals surface area contributed by atoms with Crippen molar-refractivity contribution in [2.75, 3.05) is 6.54 Å². The normalized spacial score (nSPS) is 11.4. The maximum Gasteiger partial charge on any atom is 0.558 e. The van der Waals surface area contributed by atoms with Gasteiger partial charge in [-0.3, -0.25) is 9.59 Å². The van der Waals surface area contributed by atoms with E-state index in [1.54, 1.807) is 18.2 Å². The third-order valence-corrected chi connectivity index (χ3v) is 5.70. The number of carbonyl (C=O) groups is 1. The van der Waals surface area contributed by atoms with Crippen LogP contribution < -0.4 is 15.8 Å². The summed E-state index contributed by atoms with van der Waals surface area (Å²) in [6.45, 7) is 0.380. The van der Waals surface area contributed by atoms with E-state index in [1.807, 2.05) is 30.3 Å². The van der Waals surface area contributed by atoms with Crippen molar-refractivity contribution in [3.8, 4) is 5.75 Å². The first-order valence-corrected chi connectivity index (χ1v) is 11.2. The zero-order valence-corrected chi connectivity index (χ0v) is 19.5. The standard InChI is InChI=1S/C26H20ClF3N2O4/c27-22-7-4-8-23-20(22)15-21(24(33)31-14-13-17-5-2-1-3-6-17)25(34)32(23)16-18-9-11-19(12-10-18)35-36-26(28,29)30/h1-12,15H,13-14,16H2,(H,31,33). The molecule has 0 radical (unpaired) electrons. The molecule has 0 aliphatic carbocycles. The van der Waals surface area contributed by atoms with E-state index in [-0.39, 0.29) is 17.9 Å². The van der Waals surface area contributed by atoms with Gasteiger partial charge in [0, 0.05) is 17.0 Å². The lowest BCUT2D eigenvalue weighted by Gasteiger charge is -2.14. The van der Waals surface area contributed by atoms with E-state index in [9.17, 15) is 22.8 Å². The molecule has 1 heterocycles. The largest absolute Gasteiger partial charge is 0.558 e. The average Bonchev–Trinajstić information content (AvgIpc) is 2.85. The molecule has 0 spiro atoms. The number of nitrogens with one attached hydrogen (secondary N) is 1. The lowest BCUT2D eigenvalue weighted by atomic mass is 10.1. The lowest BCUT2D eigenvalue weighted by Crippen LogP contribution is -2.34. The summed E-state index contributed by atoms with van der Waals surface area (Å²) < 4.78 is 37.9. The van der Waals surface area contributed by atoms with E-state index in [2.05, 4.69) is 15.1 Å². The lowest BCUT2D eigenvalue weighted by molar-refractivity contribution is -0.444. The zero-order valence-electron chi connectivity index (χ0n) is 18.7. The molecule has 0 aliphatic rings. The summed E-state index contributed by atoms with van der Waals surface area (Å²) in [5.41, 5.74) is 1.54. The van der Waals surface area contributed by atoms with Gasteiger partial charge in [0.2, 0.25) is 0 Å². The summed E-state index contributed by atoms with van der Waals surface area (Å²) >= 11 is 6.37. The molecule has 0 bridgehead atoms. The summed E-state index contributed by atoms with van der Waals surface area (Å²) in [4.78, 5) is 33.9. The molecule has 4 aromatic rings. The number of hydrogen-bond acceptors (Lipinski definition) is 4. The molecule has 0 aliphatic heterocycles. The summed E-state index contributed by atoms with van der Waals surface area (Å²) in [5, 5.41) is 3.67. The number of fused-ring (bicyclic) bond motifs is 1. The van der Waals surface area contributed by atoms with E-state index in [4.69, 9.17) is 11.6 Å². The number of alkyl halides is 3. The average molecular weight is 517 g/mol. The first-order valence-electron chi connectivity index (χ1n) is 10.9. The Bertz CT molecular complexity index is 1420. The molecule has 10 heteroatoms. The van der Waals surface area contributed by atoms with Crippen LogP contribution in [0.3, 0.4) is 0 Å². The van der Waals surface area contributed by atoms with Crippen molar-refractivity contribution in [1.82, 2.24) is 9.88 Å². The zero-order chi connectivity index (χ0) is 25.7. The molecule has 0 atom stereocenters. The van der Waals surface area contributed by atoms with Gasteiger partial charge >= 0.3 is 6.36 Å². The van der Waals surface area contributed by atoms with Crippen LogP contribution in [0.1, 0.15) is 21.5 Å². The maximum absolute atomic E-state index is 13.3. The van der Waals surface area contributed by atoms with Crippen molar-refractivity contribution in [2.24, 2.45) is 0 Å². The Labute approximate surface area is 208 Å². The highest BCUT2D eigenvalue weighted by molar-refractivity contribution is 6.35. The van der Waals surface area contributed by atoms with Crippen LogP contribution >= 0.6 is 11.6 Å². The fraction of sp³-hybridized carbons (Fsp3) is 0.154. The molecule has 0 saturated carbocycles. The molecule has 3 aromatic carbocycles. The second-order valence-corrected chi connectivity index (χ2v) is 8.28. The fourth-order valence-corrected chi connectivity index (χ4v) is 3.90. The molecule has 0 fully saturated rings. The van der Waals surface area contributed by atoms with Gasteiger partial charge in [-0.15, -0.1) is 13.2 Å². The highest BCUT2D eigenvalue weighted by atomic mass is 35.5. The molecule has 0 saturated heterocycles. The summed E-state index contributed by atoms with van der Waals surface area (Å²) in [6.07, 6.45) is -4.34. The third kappa shape index (κ3) is 6.24. The number of pyridine rings is 1. The number of rotatable bonds is 8. The second-order valence-electron chi connectivity index (χ2n) is 7.87. The molecule has 36 heavy (non-hydrogen) atoms. The van der Waals surface area contributed by atoms with Crippen LogP contribution in [-0.4, -0.2) is 23.4 Å². The van der Waals surface area contributed by atoms with Crippen LogP contribution in [0.5, 0.6) is 5.75 Å². The predicted octanol–water partition coefficient (Wildman–Crippen LogP) is 5.51. The monoisotopic (exact) mass is 516 g/mol. The minimum atomic E-state index is -4.94. The minimum Gasteiger partial charge on any atom is -0.352 e. The van der Waals surface area contributed by atoms with Gasteiger partial charge in [-0.05, 0) is 47.9 Å². The molecule has 1 N–H and O–H groups in total. The van der Waals surface area contributed by atoms with Crippen LogP contribution in [-0.2, 0) is 17.9 Å². The highest BCUT2D eigenvalue weighted by Gasteiger charge is 2.32. The number of benzene rings is 3. The minimum absolute atomic E-state index is 0.0429. The van der Waals surface area contributed by atoms with Gasteiger partial charge in [-0.1, -0.05) is 65.0 Å². The number of halogens is 4. The van der Waals surface area contributed by atoms with Crippen molar-refractivity contribution < 1.29 is 27.7 Å². The van der Waals surface area contributed by atoms with Gasteiger partial charge in [0.1, 0.15) is 5.56 Å². The van der Waals surface area contributed by atoms with E-state index >= 15 is 0 Å². The molecule has 4 rings (SSSR count). The summed E-state index contributed by atoms with van der Waals surface area (Å²) in [6, 6.07) is 21.7. The number of nitrogens with zero attached hydrogens (tertiary/aromatic N) is 1. The van der Waals surface area contributed by atoms with Crippen LogP contribution in [0.2, 0.25) is 5.02 Å². The van der Waals surface area contributed by atoms with Gasteiger partial charge < -0.3 is 14.8 Å². The number of aromatic nitrogens is 1. The molecule has 1 aromatic heterocycles. The summed E-state index contributed by atoms with van der Waals surface area (Å²) in [5.74, 6) is -0.692. The first kappa shape index (κ1) is 25.3. The Morgan fingerprint density at radius 2 is 1.67 bits per heavy atom. The van der Waals surface area contributed by atoms with E-state index in [0.717, 1.165) is 5.56 Å². The van der Waals surface area contributed by atoms with Crippen molar-refractivity contribution in [1.29, 1.82) is 0 Å². The van der Waals surface area contributed by atoms with Gasteiger partial charge in [0.05, 0.1) is 12.1 Å². The molecule has 186 valence electrons. The molecular formula is C26H20ClF3N2O4. The van der Waals surface area contributed by atoms with Crippen LogP contribution in [0.25, 0.3) is 10.9 Å². The Morgan fingerprint density at radius 1 is 0.944 bits per heavy atom. The first-order chi connectivity index (χ1) is 17.2. The maximum atomic E-state index is 13.3. The quantitative estimate of drug-likeness (QED) is 0.248. The number of carbonyl (C=O) groups excluding carboxylic acids is 1. The highest BCUT2D eigenvalue weighted by Crippen LogP contribution is 2.25. The van der Waals surface area contributed by atoms with Crippen LogP contribution in [0.15, 0.2) is 83.7 Å². The molecule has 0 unspecified atom stereocenters. The smallest absolute Gasteiger partial charge is 0.352 e. The summed E-state index contributed by atoms with van der Waals surface area (Å²) in [7, 11) is 0. The predicted molar refractivity (Wildman–Crippen MR) is 129 cm³/mol. The molecular weight excluding hydrogens is 497 g/mol. The van der Waals surface area contributed by atoms with E-state index in [0.29, 0.717) is 34.5 Å². The van der Waals surface area contributed by atoms with Gasteiger partial charge in [-0.2, -0.15) is 0 Å². The Balaban J connectivity index is 1.59. The van der Waals surface area contributed by atoms with Crippen molar-refractivity contribution in [3.63, 3.8) is 0 Å². The Hall–Kier alpha value is -3.82. The number of amides is 1. The van der Waals surface area contributed by atoms with Crippen molar-refractivity contribution in [2.45, 2.75) is 19.3 Å². The number of hydrogen-bond donors (Lipinski definition) is 1. The van der Waals surface area contributed by atoms with Crippen LogP contribution in [0.4, 0.5) is 13.2 Å². The van der Waals surface area contributed by atoms with Crippen LogP contribution in [0, 0.1) is 0 Å². The van der Waals surface area contributed by atoms with E-state index in [1.165, 1.54) is 34.9 Å². The van der Waals surface area contributed by atoms with Gasteiger partial charge in [0.25, 0.3) is 11.5 Å². The topological polar surface area (TPSA) is 69.6 Å². The molecule has 1 amide bonds. The van der Waals surface area contributed by atoms with Crippen molar-refractivity contribution >= 4 is 28.4 Å². The second kappa shape index (κ2) is 10.8. The molecule has 6 nitrogen and oxygen atoms in total.